The molecule has 1 aliphatic carbocycles. The van der Waals surface area contributed by atoms with Crippen LogP contribution in [-0.4, -0.2) is 28.2 Å². The van der Waals surface area contributed by atoms with E-state index in [9.17, 15) is 14.4 Å². The normalized spacial score (nSPS) is 13.7. The fraction of sp³-hybridized carbons (Fsp3) is 0.273. The van der Waals surface area contributed by atoms with Crippen LogP contribution < -0.4 is 10.9 Å². The number of esters is 1. The predicted octanol–water partition coefficient (Wildman–Crippen LogP) is 2.52. The van der Waals surface area contributed by atoms with Crippen LogP contribution in [0.25, 0.3) is 10.8 Å². The van der Waals surface area contributed by atoms with Crippen molar-refractivity contribution in [1.82, 2.24) is 10.2 Å². The number of amides is 1. The molecule has 7 nitrogen and oxygen atoms in total. The van der Waals surface area contributed by atoms with Crippen LogP contribution in [0.1, 0.15) is 30.2 Å². The maximum absolute atomic E-state index is 12.4. The van der Waals surface area contributed by atoms with E-state index in [1.807, 2.05) is 18.2 Å². The summed E-state index contributed by atoms with van der Waals surface area (Å²) in [5.41, 5.74) is 3.36. The predicted molar refractivity (Wildman–Crippen MR) is 109 cm³/mol. The summed E-state index contributed by atoms with van der Waals surface area (Å²) < 4.78 is 5.28. The van der Waals surface area contributed by atoms with E-state index in [2.05, 4.69) is 15.5 Å². The van der Waals surface area contributed by atoms with Gasteiger partial charge < -0.3 is 10.1 Å². The van der Waals surface area contributed by atoms with E-state index in [0.717, 1.165) is 19.3 Å². The number of anilines is 1. The number of aromatic amines is 1. The second kappa shape index (κ2) is 7.87. The van der Waals surface area contributed by atoms with Gasteiger partial charge in [0.2, 0.25) is 0 Å². The highest BCUT2D eigenvalue weighted by atomic mass is 16.5. The Hall–Kier alpha value is -3.48. The number of carbonyl (C=O) groups is 2. The highest BCUT2D eigenvalue weighted by molar-refractivity contribution is 5.95. The minimum Gasteiger partial charge on any atom is -0.452 e. The Balaban J connectivity index is 1.40. The Bertz CT molecular complexity index is 1150. The summed E-state index contributed by atoms with van der Waals surface area (Å²) >= 11 is 0. The molecule has 0 fully saturated rings. The molecule has 4 rings (SSSR count). The Labute approximate surface area is 167 Å². The highest BCUT2D eigenvalue weighted by Gasteiger charge is 2.20. The number of nitrogens with one attached hydrogen (secondary N) is 2. The lowest BCUT2D eigenvalue weighted by molar-refractivity contribution is -0.152. The van der Waals surface area contributed by atoms with E-state index in [0.29, 0.717) is 22.2 Å². The van der Waals surface area contributed by atoms with E-state index < -0.39 is 18.0 Å². The topological polar surface area (TPSA) is 101 Å². The lowest BCUT2D eigenvalue weighted by Crippen LogP contribution is -2.30. The van der Waals surface area contributed by atoms with Gasteiger partial charge in [0.25, 0.3) is 11.5 Å². The van der Waals surface area contributed by atoms with Gasteiger partial charge in [-0.3, -0.25) is 14.4 Å². The number of H-pyrrole nitrogens is 1. The van der Waals surface area contributed by atoms with Crippen molar-refractivity contribution in [2.75, 3.05) is 5.32 Å². The maximum Gasteiger partial charge on any atom is 0.312 e. The zero-order valence-electron chi connectivity index (χ0n) is 16.0. The molecule has 0 aliphatic heterocycles. The molecule has 1 heterocycles. The first-order chi connectivity index (χ1) is 14.0. The van der Waals surface area contributed by atoms with Gasteiger partial charge >= 0.3 is 5.97 Å². The molecule has 148 valence electrons. The van der Waals surface area contributed by atoms with Crippen molar-refractivity contribution in [3.05, 3.63) is 69.6 Å². The Morgan fingerprint density at radius 2 is 1.90 bits per heavy atom. The first-order valence-electron chi connectivity index (χ1n) is 9.60. The van der Waals surface area contributed by atoms with Gasteiger partial charge in [-0.15, -0.1) is 0 Å². The molecule has 1 amide bonds. The number of benzene rings is 2. The van der Waals surface area contributed by atoms with Crippen molar-refractivity contribution in [1.29, 1.82) is 0 Å². The summed E-state index contributed by atoms with van der Waals surface area (Å²) in [6.45, 7) is 1.53. The van der Waals surface area contributed by atoms with Gasteiger partial charge in [-0.05, 0) is 55.5 Å². The molecule has 0 spiro atoms. The minimum atomic E-state index is -0.954. The number of ether oxygens (including phenoxy) is 1. The molecule has 2 N–H and O–H groups in total. The van der Waals surface area contributed by atoms with Crippen LogP contribution in [0.15, 0.2) is 47.3 Å². The number of fused-ring (bicyclic) bond motifs is 2. The van der Waals surface area contributed by atoms with E-state index in [1.54, 1.807) is 24.3 Å². The van der Waals surface area contributed by atoms with E-state index in [4.69, 9.17) is 4.74 Å². The highest BCUT2D eigenvalue weighted by Crippen LogP contribution is 2.25. The third kappa shape index (κ3) is 4.03. The molecule has 0 bridgehead atoms. The van der Waals surface area contributed by atoms with Crippen molar-refractivity contribution in [3.63, 3.8) is 0 Å². The quantitative estimate of drug-likeness (QED) is 0.651. The molecule has 7 heteroatoms. The third-order valence-corrected chi connectivity index (χ3v) is 5.13. The Morgan fingerprint density at radius 3 is 2.72 bits per heavy atom. The SMILES string of the molecule is C[C@H](OC(=O)Cc1n[nH]c(=O)c2ccccc12)C(=O)Nc1ccc2c(c1)CCC2. The van der Waals surface area contributed by atoms with Crippen molar-refractivity contribution in [2.24, 2.45) is 0 Å². The smallest absolute Gasteiger partial charge is 0.312 e. The van der Waals surface area contributed by atoms with Gasteiger partial charge in [-0.25, -0.2) is 5.10 Å². The molecule has 0 unspecified atom stereocenters. The van der Waals surface area contributed by atoms with Crippen LogP contribution in [0.5, 0.6) is 0 Å². The van der Waals surface area contributed by atoms with Gasteiger partial charge in [0, 0.05) is 11.1 Å². The van der Waals surface area contributed by atoms with E-state index in [-0.39, 0.29) is 12.0 Å². The van der Waals surface area contributed by atoms with Crippen molar-refractivity contribution in [2.45, 2.75) is 38.7 Å². The largest absolute Gasteiger partial charge is 0.452 e. The first-order valence-corrected chi connectivity index (χ1v) is 9.60. The van der Waals surface area contributed by atoms with Crippen LogP contribution >= 0.6 is 0 Å². The van der Waals surface area contributed by atoms with Crippen molar-refractivity contribution in [3.8, 4) is 0 Å². The monoisotopic (exact) mass is 391 g/mol. The third-order valence-electron chi connectivity index (χ3n) is 5.13. The number of carbonyl (C=O) groups excluding carboxylic acids is 2. The molecule has 1 atom stereocenters. The summed E-state index contributed by atoms with van der Waals surface area (Å²) in [7, 11) is 0. The summed E-state index contributed by atoms with van der Waals surface area (Å²) in [5, 5.41) is 10.2. The lowest BCUT2D eigenvalue weighted by atomic mass is 10.1. The minimum absolute atomic E-state index is 0.145. The lowest BCUT2D eigenvalue weighted by Gasteiger charge is -2.14. The number of hydrogen-bond donors (Lipinski definition) is 2. The fourth-order valence-electron chi connectivity index (χ4n) is 3.63. The first kappa shape index (κ1) is 18.9. The van der Waals surface area contributed by atoms with Crippen LogP contribution in [0.3, 0.4) is 0 Å². The molecule has 2 aromatic carbocycles. The van der Waals surface area contributed by atoms with E-state index in [1.165, 1.54) is 18.1 Å². The number of hydrogen-bond acceptors (Lipinski definition) is 5. The molecular weight excluding hydrogens is 370 g/mol. The van der Waals surface area contributed by atoms with Gasteiger partial charge in [0.15, 0.2) is 6.10 Å². The summed E-state index contributed by atoms with van der Waals surface area (Å²) in [6.07, 6.45) is 2.13. The molecule has 3 aromatic rings. The molecule has 0 saturated heterocycles. The van der Waals surface area contributed by atoms with Gasteiger partial charge in [0.1, 0.15) is 0 Å². The van der Waals surface area contributed by atoms with Crippen LogP contribution in [0.2, 0.25) is 0 Å². The van der Waals surface area contributed by atoms with Gasteiger partial charge in [-0.1, -0.05) is 24.3 Å². The Morgan fingerprint density at radius 1 is 1.14 bits per heavy atom. The number of aromatic nitrogens is 2. The molecule has 1 aliphatic rings. The standard InChI is InChI=1S/C22H21N3O4/c1-13(21(27)23-16-10-9-14-5-4-6-15(14)11-16)29-20(26)12-19-17-7-2-3-8-18(17)22(28)25-24-19/h2-3,7-11,13H,4-6,12H2,1H3,(H,23,27)(H,25,28)/t13-/m0/s1. The molecule has 1 aromatic heterocycles. The molecule has 0 saturated carbocycles. The van der Waals surface area contributed by atoms with E-state index >= 15 is 0 Å². The maximum atomic E-state index is 12.4. The zero-order chi connectivity index (χ0) is 20.4. The summed E-state index contributed by atoms with van der Waals surface area (Å²) in [6, 6.07) is 12.8. The van der Waals surface area contributed by atoms with Gasteiger partial charge in [0.05, 0.1) is 17.5 Å². The Kier molecular flexibility index (Phi) is 5.12. The van der Waals surface area contributed by atoms with Crippen molar-refractivity contribution >= 4 is 28.3 Å². The summed E-state index contributed by atoms with van der Waals surface area (Å²) in [4.78, 5) is 36.6. The summed E-state index contributed by atoms with van der Waals surface area (Å²) in [5.74, 6) is -0.984. The van der Waals surface area contributed by atoms with Crippen LogP contribution in [0, 0.1) is 0 Å². The number of nitrogens with zero attached hydrogens (tertiary/aromatic N) is 1. The van der Waals surface area contributed by atoms with Crippen LogP contribution in [-0.2, 0) is 33.6 Å². The molecule has 0 radical (unpaired) electrons. The van der Waals surface area contributed by atoms with Crippen molar-refractivity contribution < 1.29 is 14.3 Å². The van der Waals surface area contributed by atoms with Crippen LogP contribution in [0.4, 0.5) is 5.69 Å². The average molecular weight is 391 g/mol. The average Bonchev–Trinajstić information content (AvgIpc) is 3.18. The fourth-order valence-corrected chi connectivity index (χ4v) is 3.63. The second-order valence-electron chi connectivity index (χ2n) is 7.18. The number of aryl methyl sites for hydroxylation is 2. The second-order valence-corrected chi connectivity index (χ2v) is 7.18. The van der Waals surface area contributed by atoms with Gasteiger partial charge in [-0.2, -0.15) is 5.10 Å². The zero-order valence-corrected chi connectivity index (χ0v) is 16.0. The molecular formula is C22H21N3O4. The molecule has 29 heavy (non-hydrogen) atoms. The number of rotatable bonds is 5.